The highest BCUT2D eigenvalue weighted by molar-refractivity contribution is 5.69. The third-order valence-corrected chi connectivity index (χ3v) is 10.5. The Hall–Kier alpha value is -5.06. The third kappa shape index (κ3) is 13.0. The summed E-state index contributed by atoms with van der Waals surface area (Å²) in [7, 11) is 0. The molecule has 1 saturated carbocycles. The van der Waals surface area contributed by atoms with E-state index in [-0.39, 0.29) is 66.2 Å². The first-order valence-electron chi connectivity index (χ1n) is 19.6. The van der Waals surface area contributed by atoms with Crippen molar-refractivity contribution in [3.05, 3.63) is 112 Å². The molecule has 326 valence electrons. The van der Waals surface area contributed by atoms with Gasteiger partial charge in [0.15, 0.2) is 5.75 Å². The number of nitrogens with one attached hydrogen (secondary N) is 2. The maximum atomic E-state index is 13.9. The predicted molar refractivity (Wildman–Crippen MR) is 205 cm³/mol. The van der Waals surface area contributed by atoms with Crippen molar-refractivity contribution in [3.63, 3.8) is 0 Å². The SMILES string of the molecule is CCOC(=O)CC1CCC(CNC(C)c2ccc(C(F)(F)F)cc2CNc2ncc(OCCOc3ccccc3)c([C@@H](C)c3cc(C(F)(F)F)cc(C(F)(F)F)c3)n2)CC1. The molecule has 1 aromatic heterocycles. The second-order valence-electron chi connectivity index (χ2n) is 14.8. The van der Waals surface area contributed by atoms with E-state index >= 15 is 0 Å². The van der Waals surface area contributed by atoms with Crippen molar-refractivity contribution < 1.29 is 58.5 Å². The molecule has 1 unspecified atom stereocenters. The number of nitrogens with zero attached hydrogens (tertiary/aromatic N) is 2. The van der Waals surface area contributed by atoms with Crippen molar-refractivity contribution in [2.24, 2.45) is 11.8 Å². The smallest absolute Gasteiger partial charge is 0.416 e. The van der Waals surface area contributed by atoms with Gasteiger partial charge >= 0.3 is 24.5 Å². The Morgan fingerprint density at radius 2 is 1.40 bits per heavy atom. The van der Waals surface area contributed by atoms with E-state index in [4.69, 9.17) is 14.2 Å². The van der Waals surface area contributed by atoms with Crippen LogP contribution in [0.25, 0.3) is 0 Å². The molecule has 0 aliphatic heterocycles. The van der Waals surface area contributed by atoms with Crippen LogP contribution < -0.4 is 20.1 Å². The zero-order valence-corrected chi connectivity index (χ0v) is 33.2. The zero-order chi connectivity index (χ0) is 43.7. The zero-order valence-electron chi connectivity index (χ0n) is 33.2. The number of ether oxygens (including phenoxy) is 3. The van der Waals surface area contributed by atoms with Crippen LogP contribution in [0.2, 0.25) is 0 Å². The summed E-state index contributed by atoms with van der Waals surface area (Å²) in [5.74, 6) is -0.563. The van der Waals surface area contributed by atoms with Crippen LogP contribution in [0.15, 0.2) is 72.9 Å². The minimum atomic E-state index is -5.10. The van der Waals surface area contributed by atoms with Crippen LogP contribution in [0.1, 0.15) is 104 Å². The Morgan fingerprint density at radius 1 is 0.783 bits per heavy atom. The molecule has 5 rings (SSSR count). The Kier molecular flexibility index (Phi) is 15.3. The molecule has 0 spiro atoms. The number of alkyl halides is 9. The fourth-order valence-electron chi connectivity index (χ4n) is 7.19. The molecule has 2 atom stereocenters. The van der Waals surface area contributed by atoms with Crippen molar-refractivity contribution in [3.8, 4) is 11.5 Å². The van der Waals surface area contributed by atoms with E-state index in [1.165, 1.54) is 19.2 Å². The molecular formula is C43H47F9N4O4. The molecule has 1 heterocycles. The molecule has 1 fully saturated rings. The lowest BCUT2D eigenvalue weighted by molar-refractivity contribution is -0.145. The number of halogens is 9. The van der Waals surface area contributed by atoms with E-state index in [1.807, 2.05) is 6.92 Å². The van der Waals surface area contributed by atoms with Gasteiger partial charge in [0.2, 0.25) is 5.95 Å². The van der Waals surface area contributed by atoms with E-state index < -0.39 is 47.2 Å². The van der Waals surface area contributed by atoms with E-state index in [2.05, 4.69) is 20.6 Å². The average Bonchev–Trinajstić information content (AvgIpc) is 3.20. The second-order valence-corrected chi connectivity index (χ2v) is 14.8. The van der Waals surface area contributed by atoms with Crippen LogP contribution in [-0.4, -0.2) is 42.3 Å². The minimum Gasteiger partial charge on any atom is -0.490 e. The van der Waals surface area contributed by atoms with Crippen LogP contribution in [-0.2, 0) is 34.6 Å². The lowest BCUT2D eigenvalue weighted by Gasteiger charge is -2.29. The van der Waals surface area contributed by atoms with Gasteiger partial charge in [-0.05, 0) is 117 Å². The summed E-state index contributed by atoms with van der Waals surface area (Å²) in [5.41, 5.74) is -3.53. The number of hydrogen-bond donors (Lipinski definition) is 2. The average molecular weight is 855 g/mol. The van der Waals surface area contributed by atoms with Crippen LogP contribution in [0.3, 0.4) is 0 Å². The molecule has 0 radical (unpaired) electrons. The molecular weight excluding hydrogens is 807 g/mol. The first-order chi connectivity index (χ1) is 28.3. The third-order valence-electron chi connectivity index (χ3n) is 10.5. The fourth-order valence-corrected chi connectivity index (χ4v) is 7.19. The van der Waals surface area contributed by atoms with Crippen molar-refractivity contribution in [2.75, 3.05) is 31.7 Å². The molecule has 60 heavy (non-hydrogen) atoms. The fraction of sp³-hybridized carbons (Fsp3) is 0.465. The topological polar surface area (TPSA) is 94.6 Å². The number of carbonyl (C=O) groups is 1. The van der Waals surface area contributed by atoms with Gasteiger partial charge in [-0.15, -0.1) is 0 Å². The van der Waals surface area contributed by atoms with Gasteiger partial charge < -0.3 is 24.8 Å². The molecule has 2 N–H and O–H groups in total. The number of carbonyl (C=O) groups excluding carboxylic acids is 1. The number of rotatable bonds is 17. The van der Waals surface area contributed by atoms with E-state index in [0.717, 1.165) is 37.8 Å². The summed E-state index contributed by atoms with van der Waals surface area (Å²) in [6, 6.07) is 13.0. The van der Waals surface area contributed by atoms with Crippen LogP contribution in [0, 0.1) is 11.8 Å². The van der Waals surface area contributed by atoms with Gasteiger partial charge in [-0.2, -0.15) is 39.5 Å². The van der Waals surface area contributed by atoms with Gasteiger partial charge in [0.25, 0.3) is 0 Å². The van der Waals surface area contributed by atoms with Gasteiger partial charge in [-0.1, -0.05) is 31.2 Å². The van der Waals surface area contributed by atoms with Crippen LogP contribution in [0.5, 0.6) is 11.5 Å². The Bertz CT molecular complexity index is 1990. The summed E-state index contributed by atoms with van der Waals surface area (Å²) in [6.45, 7) is 5.57. The highest BCUT2D eigenvalue weighted by Crippen LogP contribution is 2.40. The van der Waals surface area contributed by atoms with Gasteiger partial charge in [0.05, 0.1) is 35.2 Å². The second kappa shape index (κ2) is 20.0. The first kappa shape index (κ1) is 46.0. The molecule has 8 nitrogen and oxygen atoms in total. The molecule has 1 aliphatic carbocycles. The molecule has 3 aromatic carbocycles. The number of benzene rings is 3. The number of esters is 1. The summed E-state index contributed by atoms with van der Waals surface area (Å²) in [4.78, 5) is 20.6. The van der Waals surface area contributed by atoms with E-state index in [1.54, 1.807) is 37.3 Å². The summed E-state index contributed by atoms with van der Waals surface area (Å²) < 4.78 is 141. The lowest BCUT2D eigenvalue weighted by atomic mass is 9.80. The maximum absolute atomic E-state index is 13.9. The van der Waals surface area contributed by atoms with Gasteiger partial charge in [-0.25, -0.2) is 9.97 Å². The molecule has 0 amide bonds. The summed E-state index contributed by atoms with van der Waals surface area (Å²) >= 11 is 0. The quantitative estimate of drug-likeness (QED) is 0.0616. The summed E-state index contributed by atoms with van der Waals surface area (Å²) in [6.07, 6.45) is -9.81. The summed E-state index contributed by atoms with van der Waals surface area (Å²) in [5, 5.41) is 6.35. The molecule has 4 aromatic rings. The number of para-hydroxylation sites is 1. The van der Waals surface area contributed by atoms with Gasteiger partial charge in [-0.3, -0.25) is 4.79 Å². The molecule has 0 saturated heterocycles. The normalized spacial score (nSPS) is 17.1. The number of hydrogen-bond acceptors (Lipinski definition) is 8. The first-order valence-corrected chi connectivity index (χ1v) is 19.6. The maximum Gasteiger partial charge on any atom is 0.416 e. The highest BCUT2D eigenvalue weighted by Gasteiger charge is 2.38. The van der Waals surface area contributed by atoms with E-state index in [0.29, 0.717) is 48.9 Å². The minimum absolute atomic E-state index is 0.0148. The number of aromatic nitrogens is 2. The molecule has 17 heteroatoms. The van der Waals surface area contributed by atoms with E-state index in [9.17, 15) is 44.3 Å². The van der Waals surface area contributed by atoms with Crippen molar-refractivity contribution in [2.45, 2.75) is 89.9 Å². The standard InChI is InChI=1S/C43H47F9N4O4/c1-4-58-38(57)18-28-10-12-29(13-11-28)23-53-27(3)36-15-14-32(41(44,45)46)21-31(36)24-54-40-55-25-37(60-17-16-59-35-8-6-5-7-9-35)39(56-40)26(2)30-19-33(42(47,48)49)22-34(20-30)43(50,51)52/h5-9,14-15,19-22,25-29,53H,4,10-13,16-18,23-24H2,1-3H3,(H,54,55,56)/t26-,27?,28?,29?/m0/s1. The van der Waals surface area contributed by atoms with Crippen molar-refractivity contribution >= 4 is 11.9 Å². The predicted octanol–water partition coefficient (Wildman–Crippen LogP) is 11.2. The molecule has 1 aliphatic rings. The molecule has 0 bridgehead atoms. The lowest BCUT2D eigenvalue weighted by Crippen LogP contribution is -2.29. The Morgan fingerprint density at radius 3 is 2.02 bits per heavy atom. The van der Waals surface area contributed by atoms with Crippen LogP contribution in [0.4, 0.5) is 45.5 Å². The monoisotopic (exact) mass is 854 g/mol. The highest BCUT2D eigenvalue weighted by atomic mass is 19.4. The van der Waals surface area contributed by atoms with Crippen LogP contribution >= 0.6 is 0 Å². The number of anilines is 1. The largest absolute Gasteiger partial charge is 0.490 e. The van der Waals surface area contributed by atoms with Crippen molar-refractivity contribution in [1.82, 2.24) is 15.3 Å². The Labute approximate surface area is 342 Å². The Balaban J connectivity index is 1.38. The van der Waals surface area contributed by atoms with Crippen molar-refractivity contribution in [1.29, 1.82) is 0 Å². The van der Waals surface area contributed by atoms with Gasteiger partial charge in [0, 0.05) is 24.9 Å². The van der Waals surface area contributed by atoms with Gasteiger partial charge in [0.1, 0.15) is 19.0 Å².